The van der Waals surface area contributed by atoms with Crippen LogP contribution in [0.1, 0.15) is 63.1 Å². The highest BCUT2D eigenvalue weighted by Crippen LogP contribution is 2.36. The quantitative estimate of drug-likeness (QED) is 0.796. The van der Waals surface area contributed by atoms with Crippen LogP contribution in [0.3, 0.4) is 0 Å². The van der Waals surface area contributed by atoms with Crippen LogP contribution in [-0.4, -0.2) is 28.0 Å². The number of anilines is 1. The molecule has 1 saturated carbocycles. The Labute approximate surface area is 148 Å². The lowest BCUT2D eigenvalue weighted by Gasteiger charge is -2.28. The highest BCUT2D eigenvalue weighted by molar-refractivity contribution is 5.93. The van der Waals surface area contributed by atoms with Crippen molar-refractivity contribution in [1.29, 1.82) is 0 Å². The van der Waals surface area contributed by atoms with Crippen LogP contribution in [0, 0.1) is 5.92 Å². The SMILES string of the molecule is O=C(CC1CC2CCC(C1)N2)Nc1ccc2nc(C3CCC3)[nH]c2c1. The van der Waals surface area contributed by atoms with Crippen LogP contribution in [0.25, 0.3) is 11.0 Å². The second-order valence-corrected chi connectivity index (χ2v) is 8.21. The summed E-state index contributed by atoms with van der Waals surface area (Å²) in [5.41, 5.74) is 2.90. The third kappa shape index (κ3) is 3.06. The summed E-state index contributed by atoms with van der Waals surface area (Å²) in [5.74, 6) is 2.37. The van der Waals surface area contributed by atoms with Crippen molar-refractivity contribution < 1.29 is 4.79 Å². The van der Waals surface area contributed by atoms with Crippen molar-refractivity contribution in [2.45, 2.75) is 69.4 Å². The zero-order chi connectivity index (χ0) is 16.8. The number of hydrogen-bond donors (Lipinski definition) is 3. The first-order chi connectivity index (χ1) is 12.2. The third-order valence-corrected chi connectivity index (χ3v) is 6.32. The number of carbonyl (C=O) groups is 1. The Kier molecular flexibility index (Phi) is 3.77. The molecule has 3 fully saturated rings. The average Bonchev–Trinajstić information content (AvgIpc) is 3.08. The molecule has 5 nitrogen and oxygen atoms in total. The molecule has 3 aliphatic rings. The summed E-state index contributed by atoms with van der Waals surface area (Å²) in [6.45, 7) is 0. The predicted octanol–water partition coefficient (Wildman–Crippen LogP) is 3.69. The number of H-pyrrole nitrogens is 1. The molecule has 1 aromatic heterocycles. The second-order valence-electron chi connectivity index (χ2n) is 8.21. The van der Waals surface area contributed by atoms with Gasteiger partial charge in [-0.3, -0.25) is 4.79 Å². The summed E-state index contributed by atoms with van der Waals surface area (Å²) in [4.78, 5) is 20.6. The van der Waals surface area contributed by atoms with Crippen LogP contribution in [0.15, 0.2) is 18.2 Å². The number of fused-ring (bicyclic) bond motifs is 3. The predicted molar refractivity (Wildman–Crippen MR) is 98.6 cm³/mol. The summed E-state index contributed by atoms with van der Waals surface area (Å²) < 4.78 is 0. The van der Waals surface area contributed by atoms with E-state index in [-0.39, 0.29) is 5.91 Å². The van der Waals surface area contributed by atoms with Crippen LogP contribution in [-0.2, 0) is 4.79 Å². The minimum Gasteiger partial charge on any atom is -0.342 e. The van der Waals surface area contributed by atoms with Crippen LogP contribution in [0.2, 0.25) is 0 Å². The van der Waals surface area contributed by atoms with E-state index in [9.17, 15) is 4.79 Å². The van der Waals surface area contributed by atoms with E-state index in [2.05, 4.69) is 15.6 Å². The summed E-state index contributed by atoms with van der Waals surface area (Å²) in [6.07, 6.45) is 9.28. The van der Waals surface area contributed by atoms with E-state index in [1.807, 2.05) is 18.2 Å². The van der Waals surface area contributed by atoms with Crippen molar-refractivity contribution in [3.05, 3.63) is 24.0 Å². The monoisotopic (exact) mass is 338 g/mol. The van der Waals surface area contributed by atoms with Gasteiger partial charge in [-0.05, 0) is 62.6 Å². The molecule has 3 heterocycles. The number of amides is 1. The van der Waals surface area contributed by atoms with Crippen LogP contribution in [0.5, 0.6) is 0 Å². The fraction of sp³-hybridized carbons (Fsp3) is 0.600. The van der Waals surface area contributed by atoms with Crippen LogP contribution >= 0.6 is 0 Å². The van der Waals surface area contributed by atoms with Gasteiger partial charge in [0, 0.05) is 30.1 Å². The minimum atomic E-state index is 0.143. The van der Waals surface area contributed by atoms with E-state index < -0.39 is 0 Å². The molecule has 1 aromatic carbocycles. The lowest BCUT2D eigenvalue weighted by Crippen LogP contribution is -2.39. The van der Waals surface area contributed by atoms with Crippen molar-refractivity contribution >= 4 is 22.6 Å². The molecule has 2 saturated heterocycles. The standard InChI is InChI=1S/C20H26N4O/c25-19(10-12-8-14-4-5-15(9-12)21-14)22-16-6-7-17-18(11-16)24-20(23-17)13-2-1-3-13/h6-7,11-15,21H,1-5,8-10H2,(H,22,25)(H,23,24). The lowest BCUT2D eigenvalue weighted by atomic mass is 9.85. The molecule has 132 valence electrons. The van der Waals surface area contributed by atoms with Gasteiger partial charge in [0.15, 0.2) is 0 Å². The number of nitrogens with one attached hydrogen (secondary N) is 3. The van der Waals surface area contributed by atoms with Gasteiger partial charge in [-0.1, -0.05) is 6.42 Å². The highest BCUT2D eigenvalue weighted by Gasteiger charge is 2.34. The number of aromatic amines is 1. The number of benzene rings is 1. The maximum Gasteiger partial charge on any atom is 0.224 e. The van der Waals surface area contributed by atoms with E-state index in [0.29, 0.717) is 30.3 Å². The number of rotatable bonds is 4. The van der Waals surface area contributed by atoms with Crippen molar-refractivity contribution in [3.8, 4) is 0 Å². The third-order valence-electron chi connectivity index (χ3n) is 6.32. The van der Waals surface area contributed by atoms with E-state index in [1.54, 1.807) is 0 Å². The molecule has 5 heteroatoms. The Hall–Kier alpha value is -1.88. The molecule has 5 rings (SSSR count). The topological polar surface area (TPSA) is 69.8 Å². The average molecular weight is 338 g/mol. The number of nitrogens with zero attached hydrogens (tertiary/aromatic N) is 1. The molecule has 2 bridgehead atoms. The van der Waals surface area contributed by atoms with Gasteiger partial charge in [-0.2, -0.15) is 0 Å². The van der Waals surface area contributed by atoms with Crippen molar-refractivity contribution in [2.75, 3.05) is 5.32 Å². The lowest BCUT2D eigenvalue weighted by molar-refractivity contribution is -0.117. The Balaban J connectivity index is 1.24. The molecular formula is C20H26N4O. The van der Waals surface area contributed by atoms with Gasteiger partial charge in [0.1, 0.15) is 5.82 Å². The Morgan fingerprint density at radius 1 is 1.16 bits per heavy atom. The highest BCUT2D eigenvalue weighted by atomic mass is 16.1. The maximum atomic E-state index is 12.5. The first-order valence-electron chi connectivity index (χ1n) is 9.78. The number of carbonyl (C=O) groups excluding carboxylic acids is 1. The second kappa shape index (κ2) is 6.13. The van der Waals surface area contributed by atoms with Gasteiger partial charge < -0.3 is 15.6 Å². The molecule has 25 heavy (non-hydrogen) atoms. The van der Waals surface area contributed by atoms with Crippen molar-refractivity contribution in [3.63, 3.8) is 0 Å². The first-order valence-corrected chi connectivity index (χ1v) is 9.78. The van der Waals surface area contributed by atoms with Gasteiger partial charge in [-0.25, -0.2) is 4.98 Å². The van der Waals surface area contributed by atoms with Crippen molar-refractivity contribution in [2.24, 2.45) is 5.92 Å². The zero-order valence-electron chi connectivity index (χ0n) is 14.6. The molecule has 2 atom stereocenters. The molecule has 1 aliphatic carbocycles. The van der Waals surface area contributed by atoms with Gasteiger partial charge in [0.25, 0.3) is 0 Å². The Morgan fingerprint density at radius 2 is 1.96 bits per heavy atom. The summed E-state index contributed by atoms with van der Waals surface area (Å²) >= 11 is 0. The van der Waals surface area contributed by atoms with Crippen LogP contribution in [0.4, 0.5) is 5.69 Å². The maximum absolute atomic E-state index is 12.5. The Morgan fingerprint density at radius 3 is 2.68 bits per heavy atom. The van der Waals surface area contributed by atoms with Crippen LogP contribution < -0.4 is 10.6 Å². The number of hydrogen-bond acceptors (Lipinski definition) is 3. The molecule has 0 radical (unpaired) electrons. The van der Waals surface area contributed by atoms with E-state index in [1.165, 1.54) is 32.1 Å². The molecule has 2 aliphatic heterocycles. The number of aromatic nitrogens is 2. The normalized spacial score (nSPS) is 28.9. The fourth-order valence-electron chi connectivity index (χ4n) is 4.80. The molecule has 0 spiro atoms. The molecule has 2 unspecified atom stereocenters. The van der Waals surface area contributed by atoms with Gasteiger partial charge >= 0.3 is 0 Å². The van der Waals surface area contributed by atoms with Gasteiger partial charge in [0.2, 0.25) is 5.91 Å². The summed E-state index contributed by atoms with van der Waals surface area (Å²) in [7, 11) is 0. The number of imidazole rings is 1. The number of piperidine rings is 1. The molecular weight excluding hydrogens is 312 g/mol. The van der Waals surface area contributed by atoms with E-state index in [0.717, 1.165) is 35.4 Å². The summed E-state index contributed by atoms with van der Waals surface area (Å²) in [6, 6.07) is 7.28. The van der Waals surface area contributed by atoms with Gasteiger partial charge in [0.05, 0.1) is 11.0 Å². The smallest absolute Gasteiger partial charge is 0.224 e. The molecule has 2 aromatic rings. The van der Waals surface area contributed by atoms with Gasteiger partial charge in [-0.15, -0.1) is 0 Å². The summed E-state index contributed by atoms with van der Waals surface area (Å²) in [5, 5.41) is 6.73. The minimum absolute atomic E-state index is 0.143. The molecule has 3 N–H and O–H groups in total. The first kappa shape index (κ1) is 15.4. The molecule has 1 amide bonds. The van der Waals surface area contributed by atoms with E-state index in [4.69, 9.17) is 4.98 Å². The van der Waals surface area contributed by atoms with Crippen molar-refractivity contribution in [1.82, 2.24) is 15.3 Å². The largest absolute Gasteiger partial charge is 0.342 e. The zero-order valence-corrected chi connectivity index (χ0v) is 14.6. The fourth-order valence-corrected chi connectivity index (χ4v) is 4.80. The van der Waals surface area contributed by atoms with E-state index >= 15 is 0 Å². The Bertz CT molecular complexity index is 782.